The minimum Gasteiger partial charge on any atom is -0.387 e. The molecule has 20 heavy (non-hydrogen) atoms. The highest BCUT2D eigenvalue weighted by atomic mass is 16.3. The lowest BCUT2D eigenvalue weighted by Gasteiger charge is -2.12. The first-order chi connectivity index (χ1) is 9.63. The number of aliphatic hydroxyl groups is 1. The van der Waals surface area contributed by atoms with Gasteiger partial charge >= 0.3 is 0 Å². The Hall–Kier alpha value is -2.16. The second-order valence-electron chi connectivity index (χ2n) is 4.74. The van der Waals surface area contributed by atoms with E-state index in [2.05, 4.69) is 16.4 Å². The van der Waals surface area contributed by atoms with Gasteiger partial charge in [-0.05, 0) is 36.2 Å². The second kappa shape index (κ2) is 6.33. The van der Waals surface area contributed by atoms with Crippen molar-refractivity contribution in [3.8, 4) is 6.07 Å². The molecule has 0 aliphatic carbocycles. The molecule has 0 saturated heterocycles. The Bertz CT molecular complexity index is 613. The quantitative estimate of drug-likeness (QED) is 0.862. The van der Waals surface area contributed by atoms with Gasteiger partial charge in [-0.15, -0.1) is 0 Å². The molecular formula is C15H18N4O. The van der Waals surface area contributed by atoms with E-state index >= 15 is 0 Å². The summed E-state index contributed by atoms with van der Waals surface area (Å²) in [5.41, 5.74) is 3.63. The van der Waals surface area contributed by atoms with Crippen molar-refractivity contribution in [3.05, 3.63) is 53.1 Å². The van der Waals surface area contributed by atoms with Gasteiger partial charge < -0.3 is 15.0 Å². The number of hydrogen-bond donors (Lipinski definition) is 2. The molecule has 0 fully saturated rings. The fourth-order valence-corrected chi connectivity index (χ4v) is 2.10. The number of hydrogen-bond acceptors (Lipinski definition) is 4. The van der Waals surface area contributed by atoms with E-state index in [9.17, 15) is 5.11 Å². The van der Waals surface area contributed by atoms with Crippen LogP contribution in [0.3, 0.4) is 0 Å². The predicted octanol–water partition coefficient (Wildman–Crippen LogP) is 1.42. The molecule has 5 heteroatoms. The van der Waals surface area contributed by atoms with Crippen LogP contribution in [0.5, 0.6) is 0 Å². The molecule has 1 atom stereocenters. The van der Waals surface area contributed by atoms with Crippen LogP contribution in [0.25, 0.3) is 0 Å². The molecule has 0 aromatic carbocycles. The molecule has 5 nitrogen and oxygen atoms in total. The van der Waals surface area contributed by atoms with Crippen molar-refractivity contribution >= 4 is 0 Å². The van der Waals surface area contributed by atoms with Crippen LogP contribution in [0.1, 0.15) is 28.6 Å². The van der Waals surface area contributed by atoms with Crippen LogP contribution in [-0.2, 0) is 13.6 Å². The number of aliphatic hydroxyl groups excluding tert-OH is 1. The van der Waals surface area contributed by atoms with Crippen molar-refractivity contribution < 1.29 is 5.11 Å². The van der Waals surface area contributed by atoms with E-state index in [1.807, 2.05) is 24.6 Å². The van der Waals surface area contributed by atoms with Crippen molar-refractivity contribution in [2.75, 3.05) is 6.54 Å². The fraction of sp³-hybridized carbons (Fsp3) is 0.333. The normalized spacial score (nSPS) is 12.1. The third-order valence-corrected chi connectivity index (χ3v) is 3.50. The molecule has 0 amide bonds. The summed E-state index contributed by atoms with van der Waals surface area (Å²) in [4.78, 5) is 3.92. The summed E-state index contributed by atoms with van der Waals surface area (Å²) in [5.74, 6) is 0. The van der Waals surface area contributed by atoms with E-state index in [1.165, 1.54) is 0 Å². The van der Waals surface area contributed by atoms with Gasteiger partial charge in [0.05, 0.1) is 6.10 Å². The minimum absolute atomic E-state index is 0.459. The average molecular weight is 270 g/mol. The van der Waals surface area contributed by atoms with E-state index in [-0.39, 0.29) is 0 Å². The Labute approximate surface area is 118 Å². The minimum atomic E-state index is -0.558. The first kappa shape index (κ1) is 14.3. The molecule has 0 bridgehead atoms. The largest absolute Gasteiger partial charge is 0.387 e. The molecule has 0 aliphatic heterocycles. The maximum Gasteiger partial charge on any atom is 0.120 e. The number of pyridine rings is 1. The van der Waals surface area contributed by atoms with Gasteiger partial charge in [0.25, 0.3) is 0 Å². The first-order valence-corrected chi connectivity index (χ1v) is 6.47. The zero-order chi connectivity index (χ0) is 14.5. The summed E-state index contributed by atoms with van der Waals surface area (Å²) in [6.45, 7) is 3.07. The molecule has 1 unspecified atom stereocenters. The Morgan fingerprint density at radius 3 is 2.75 bits per heavy atom. The van der Waals surface area contributed by atoms with Gasteiger partial charge in [-0.1, -0.05) is 0 Å². The lowest BCUT2D eigenvalue weighted by molar-refractivity contribution is 0.174. The van der Waals surface area contributed by atoms with Crippen LogP contribution in [0.15, 0.2) is 30.6 Å². The summed E-state index contributed by atoms with van der Waals surface area (Å²) in [6, 6.07) is 7.64. The van der Waals surface area contributed by atoms with Crippen molar-refractivity contribution in [2.45, 2.75) is 19.6 Å². The van der Waals surface area contributed by atoms with Crippen molar-refractivity contribution in [1.29, 1.82) is 5.26 Å². The van der Waals surface area contributed by atoms with E-state index in [0.29, 0.717) is 18.8 Å². The van der Waals surface area contributed by atoms with Gasteiger partial charge in [0, 0.05) is 38.2 Å². The van der Waals surface area contributed by atoms with Crippen LogP contribution in [-0.4, -0.2) is 21.2 Å². The maximum absolute atomic E-state index is 10.0. The summed E-state index contributed by atoms with van der Waals surface area (Å²) in [6.07, 6.45) is 2.77. The predicted molar refractivity (Wildman–Crippen MR) is 75.8 cm³/mol. The van der Waals surface area contributed by atoms with E-state index in [4.69, 9.17) is 5.26 Å². The van der Waals surface area contributed by atoms with Gasteiger partial charge in [-0.3, -0.25) is 4.98 Å². The van der Waals surface area contributed by atoms with Crippen LogP contribution in [0.4, 0.5) is 0 Å². The molecule has 2 N–H and O–H groups in total. The molecule has 0 spiro atoms. The number of aromatic nitrogens is 2. The molecule has 0 radical (unpaired) electrons. The monoisotopic (exact) mass is 270 g/mol. The Balaban J connectivity index is 1.92. The lowest BCUT2D eigenvalue weighted by atomic mass is 10.1. The standard InChI is InChI=1S/C15H18N4O/c1-11-13(7-14(8-16)19(11)2)9-18-10-15(20)12-3-5-17-6-4-12/h3-7,15,18,20H,9-10H2,1-2H3. The molecule has 2 aromatic heterocycles. The van der Waals surface area contributed by atoms with Gasteiger partial charge in [0.1, 0.15) is 11.8 Å². The molecule has 2 rings (SSSR count). The molecular weight excluding hydrogens is 252 g/mol. The highest BCUT2D eigenvalue weighted by molar-refractivity contribution is 5.34. The topological polar surface area (TPSA) is 73.9 Å². The third kappa shape index (κ3) is 3.05. The first-order valence-electron chi connectivity index (χ1n) is 6.47. The summed E-state index contributed by atoms with van der Waals surface area (Å²) < 4.78 is 1.87. The third-order valence-electron chi connectivity index (χ3n) is 3.50. The van der Waals surface area contributed by atoms with Crippen molar-refractivity contribution in [1.82, 2.24) is 14.9 Å². The zero-order valence-electron chi connectivity index (χ0n) is 11.7. The highest BCUT2D eigenvalue weighted by Crippen LogP contribution is 2.14. The van der Waals surface area contributed by atoms with Crippen LogP contribution in [0.2, 0.25) is 0 Å². The van der Waals surface area contributed by atoms with Crippen LogP contribution >= 0.6 is 0 Å². The SMILES string of the molecule is Cc1c(CNCC(O)c2ccncc2)cc(C#N)n1C. The molecule has 2 aromatic rings. The van der Waals surface area contributed by atoms with E-state index in [0.717, 1.165) is 16.8 Å². The summed E-state index contributed by atoms with van der Waals surface area (Å²) in [5, 5.41) is 22.2. The molecule has 0 saturated carbocycles. The van der Waals surface area contributed by atoms with Crippen molar-refractivity contribution in [3.63, 3.8) is 0 Å². The fourth-order valence-electron chi connectivity index (χ4n) is 2.10. The van der Waals surface area contributed by atoms with Gasteiger partial charge in [0.15, 0.2) is 0 Å². The van der Waals surface area contributed by atoms with Gasteiger partial charge in [-0.2, -0.15) is 5.26 Å². The van der Waals surface area contributed by atoms with Crippen molar-refractivity contribution in [2.24, 2.45) is 7.05 Å². The van der Waals surface area contributed by atoms with Gasteiger partial charge in [0.2, 0.25) is 0 Å². The van der Waals surface area contributed by atoms with E-state index < -0.39 is 6.10 Å². The average Bonchev–Trinajstić information content (AvgIpc) is 2.76. The lowest BCUT2D eigenvalue weighted by Crippen LogP contribution is -2.21. The number of nitriles is 1. The highest BCUT2D eigenvalue weighted by Gasteiger charge is 2.10. The summed E-state index contributed by atoms with van der Waals surface area (Å²) in [7, 11) is 1.88. The smallest absolute Gasteiger partial charge is 0.120 e. The molecule has 104 valence electrons. The number of rotatable bonds is 5. The number of nitrogens with one attached hydrogen (secondary N) is 1. The van der Waals surface area contributed by atoms with Crippen LogP contribution in [0, 0.1) is 18.3 Å². The van der Waals surface area contributed by atoms with E-state index in [1.54, 1.807) is 24.5 Å². The summed E-state index contributed by atoms with van der Waals surface area (Å²) >= 11 is 0. The molecule has 2 heterocycles. The Kier molecular flexibility index (Phi) is 4.51. The van der Waals surface area contributed by atoms with Crippen LogP contribution < -0.4 is 5.32 Å². The Morgan fingerprint density at radius 1 is 1.45 bits per heavy atom. The number of nitrogens with zero attached hydrogens (tertiary/aromatic N) is 3. The van der Waals surface area contributed by atoms with Gasteiger partial charge in [-0.25, -0.2) is 0 Å². The Morgan fingerprint density at radius 2 is 2.15 bits per heavy atom. The zero-order valence-corrected chi connectivity index (χ0v) is 11.7. The second-order valence-corrected chi connectivity index (χ2v) is 4.74. The maximum atomic E-state index is 10.0. The molecule has 0 aliphatic rings.